The van der Waals surface area contributed by atoms with Crippen molar-refractivity contribution < 1.29 is 32.2 Å². The number of fused-ring (bicyclic) bond motifs is 1. The van der Waals surface area contributed by atoms with Gasteiger partial charge < -0.3 is 24.4 Å². The topological polar surface area (TPSA) is 94.9 Å². The Morgan fingerprint density at radius 2 is 1.75 bits per heavy atom. The Kier molecular flexibility index (Phi) is 7.35. The number of carbonyl (C=O) groups is 1. The molecule has 3 aromatic rings. The van der Waals surface area contributed by atoms with Gasteiger partial charge in [-0.3, -0.25) is 4.79 Å². The van der Waals surface area contributed by atoms with Gasteiger partial charge in [-0.1, -0.05) is 0 Å². The maximum absolute atomic E-state index is 14.3. The lowest BCUT2D eigenvalue weighted by atomic mass is 10.0. The molecule has 1 atom stereocenters. The number of hydrogen-bond acceptors (Lipinski definition) is 7. The summed E-state index contributed by atoms with van der Waals surface area (Å²) in [7, 11) is 4.45. The fourth-order valence-corrected chi connectivity index (χ4v) is 5.31. The highest BCUT2D eigenvalue weighted by Crippen LogP contribution is 2.38. The number of aromatic nitrogens is 2. The number of anilines is 1. The summed E-state index contributed by atoms with van der Waals surface area (Å²) in [5.74, 6) is 0.974. The number of benzene rings is 2. The number of alkyl halides is 3. The summed E-state index contributed by atoms with van der Waals surface area (Å²) >= 11 is 0. The normalized spacial score (nSPS) is 16.6. The van der Waals surface area contributed by atoms with Gasteiger partial charge in [-0.05, 0) is 55.2 Å². The first-order valence-electron chi connectivity index (χ1n) is 12.9. The average molecular weight is 559 g/mol. The molecule has 5 rings (SSSR count). The van der Waals surface area contributed by atoms with Crippen molar-refractivity contribution in [1.82, 2.24) is 15.1 Å². The van der Waals surface area contributed by atoms with E-state index in [9.17, 15) is 22.8 Å². The van der Waals surface area contributed by atoms with Crippen LogP contribution in [-0.2, 0) is 23.8 Å². The molecule has 1 amide bonds. The predicted octanol–water partition coefficient (Wildman–Crippen LogP) is 4.36. The number of halogens is 3. The monoisotopic (exact) mass is 558 g/mol. The molecule has 0 saturated carbocycles. The van der Waals surface area contributed by atoms with Crippen LogP contribution >= 0.6 is 0 Å². The molecule has 0 spiro atoms. The van der Waals surface area contributed by atoms with Crippen LogP contribution in [0.25, 0.3) is 16.9 Å². The molecule has 212 valence electrons. The van der Waals surface area contributed by atoms with E-state index < -0.39 is 29.5 Å². The van der Waals surface area contributed by atoms with E-state index in [0.717, 1.165) is 16.3 Å². The summed E-state index contributed by atoms with van der Waals surface area (Å²) in [6.07, 6.45) is -3.49. The van der Waals surface area contributed by atoms with Crippen LogP contribution in [0.5, 0.6) is 11.5 Å². The zero-order valence-corrected chi connectivity index (χ0v) is 22.3. The van der Waals surface area contributed by atoms with Crippen LogP contribution in [-0.4, -0.2) is 56.3 Å². The van der Waals surface area contributed by atoms with Crippen LogP contribution in [0.3, 0.4) is 0 Å². The van der Waals surface area contributed by atoms with E-state index in [0.29, 0.717) is 72.8 Å². The lowest BCUT2D eigenvalue weighted by molar-refractivity contribution is -0.137. The molecule has 1 fully saturated rings. The second-order valence-electron chi connectivity index (χ2n) is 9.69. The molecule has 0 radical (unpaired) electrons. The second-order valence-corrected chi connectivity index (χ2v) is 9.69. The van der Waals surface area contributed by atoms with Gasteiger partial charge in [-0.25, -0.2) is 4.79 Å². The number of nitrogens with zero attached hydrogens (tertiary/aromatic N) is 3. The molecule has 1 N–H and O–H groups in total. The first kappa shape index (κ1) is 27.4. The third-order valence-corrected chi connectivity index (χ3v) is 7.28. The Morgan fingerprint density at radius 1 is 1.05 bits per heavy atom. The van der Waals surface area contributed by atoms with Gasteiger partial charge in [0.25, 0.3) is 5.56 Å². The Morgan fingerprint density at radius 3 is 2.40 bits per heavy atom. The van der Waals surface area contributed by atoms with Crippen LogP contribution in [0.1, 0.15) is 29.5 Å². The summed E-state index contributed by atoms with van der Waals surface area (Å²) in [6.45, 7) is 0.771. The summed E-state index contributed by atoms with van der Waals surface area (Å²) in [5, 5.41) is 6.93. The molecule has 0 bridgehead atoms. The minimum absolute atomic E-state index is 0.305. The number of hydrogen-bond donors (Lipinski definition) is 1. The number of alkyl carbamates (subject to hydrolysis) is 1. The number of ether oxygens (including phenoxy) is 3. The van der Waals surface area contributed by atoms with Crippen LogP contribution < -0.4 is 25.2 Å². The maximum atomic E-state index is 14.3. The molecule has 2 heterocycles. The number of nitrogens with one attached hydrogen (secondary N) is 1. The van der Waals surface area contributed by atoms with Gasteiger partial charge in [0.1, 0.15) is 17.6 Å². The van der Waals surface area contributed by atoms with Crippen molar-refractivity contribution in [2.45, 2.75) is 38.0 Å². The Labute approximate surface area is 228 Å². The van der Waals surface area contributed by atoms with Crippen LogP contribution in [0.15, 0.2) is 41.2 Å². The van der Waals surface area contributed by atoms with E-state index in [4.69, 9.17) is 14.2 Å². The molecule has 40 heavy (non-hydrogen) atoms. The highest BCUT2D eigenvalue weighted by molar-refractivity contribution is 5.69. The average Bonchev–Trinajstić information content (AvgIpc) is 3.62. The fourth-order valence-electron chi connectivity index (χ4n) is 5.31. The molecule has 1 aromatic heterocycles. The van der Waals surface area contributed by atoms with E-state index in [1.54, 1.807) is 18.2 Å². The first-order valence-corrected chi connectivity index (χ1v) is 12.9. The highest BCUT2D eigenvalue weighted by atomic mass is 19.4. The summed E-state index contributed by atoms with van der Waals surface area (Å²) < 4.78 is 59.7. The predicted molar refractivity (Wildman–Crippen MR) is 142 cm³/mol. The number of carbonyl (C=O) groups excluding carboxylic acids is 1. The van der Waals surface area contributed by atoms with Gasteiger partial charge in [-0.2, -0.15) is 23.0 Å². The third-order valence-electron chi connectivity index (χ3n) is 7.28. The van der Waals surface area contributed by atoms with Gasteiger partial charge in [-0.15, -0.1) is 0 Å². The fraction of sp³-hybridized carbons (Fsp3) is 0.393. The molecule has 0 unspecified atom stereocenters. The zero-order chi connectivity index (χ0) is 28.6. The number of rotatable bonds is 6. The highest BCUT2D eigenvalue weighted by Gasteiger charge is 2.36. The van der Waals surface area contributed by atoms with E-state index in [1.807, 2.05) is 4.90 Å². The van der Waals surface area contributed by atoms with Crippen molar-refractivity contribution in [3.8, 4) is 28.4 Å². The van der Waals surface area contributed by atoms with Gasteiger partial charge in [0.05, 0.1) is 37.7 Å². The van der Waals surface area contributed by atoms with Gasteiger partial charge in [0.15, 0.2) is 0 Å². The minimum Gasteiger partial charge on any atom is -0.497 e. The van der Waals surface area contributed by atoms with Crippen molar-refractivity contribution in [3.05, 3.63) is 63.4 Å². The van der Waals surface area contributed by atoms with Crippen LogP contribution in [0.2, 0.25) is 0 Å². The largest absolute Gasteiger partial charge is 0.497 e. The van der Waals surface area contributed by atoms with Crippen molar-refractivity contribution >= 4 is 11.8 Å². The zero-order valence-electron chi connectivity index (χ0n) is 22.3. The van der Waals surface area contributed by atoms with Crippen molar-refractivity contribution in [2.75, 3.05) is 39.3 Å². The third kappa shape index (κ3) is 5.17. The molecule has 1 saturated heterocycles. The quantitative estimate of drug-likeness (QED) is 0.481. The Bertz CT molecular complexity index is 1480. The minimum atomic E-state index is -4.73. The lowest BCUT2D eigenvalue weighted by Crippen LogP contribution is -2.30. The lowest BCUT2D eigenvalue weighted by Gasteiger charge is -2.22. The van der Waals surface area contributed by atoms with E-state index in [1.165, 1.54) is 33.4 Å². The summed E-state index contributed by atoms with van der Waals surface area (Å²) in [5.41, 5.74) is 0.692. The van der Waals surface area contributed by atoms with Gasteiger partial charge in [0.2, 0.25) is 0 Å². The molecular weight excluding hydrogens is 529 g/mol. The molecule has 1 aliphatic carbocycles. The summed E-state index contributed by atoms with van der Waals surface area (Å²) in [4.78, 5) is 27.1. The van der Waals surface area contributed by atoms with E-state index in [-0.39, 0.29) is 5.69 Å². The Hall–Kier alpha value is -4.22. The van der Waals surface area contributed by atoms with Crippen LogP contribution in [0, 0.1) is 0 Å². The molecular formula is C28H29F3N4O5. The van der Waals surface area contributed by atoms with E-state index >= 15 is 0 Å². The van der Waals surface area contributed by atoms with Crippen molar-refractivity contribution in [2.24, 2.45) is 0 Å². The van der Waals surface area contributed by atoms with Gasteiger partial charge >= 0.3 is 12.3 Å². The molecule has 2 aliphatic rings. The first-order chi connectivity index (χ1) is 19.1. The van der Waals surface area contributed by atoms with Crippen molar-refractivity contribution in [3.63, 3.8) is 0 Å². The molecule has 9 nitrogen and oxygen atoms in total. The Balaban J connectivity index is 1.65. The standard InChI is InChI=1S/C28H29F3N4O5/c1-32-27(37)40-18-9-10-34(15-18)17-7-8-23(28(29,30)31)24(13-17)35-26(36)22-6-4-5-21(22)25(33-35)16-11-19(38-2)14-20(12-16)39-3/h7-8,11-14,18H,4-6,9-10,15H2,1-3H3,(H,32,37)/t18-/m0/s1. The maximum Gasteiger partial charge on any atom is 0.418 e. The van der Waals surface area contributed by atoms with Crippen LogP contribution in [0.4, 0.5) is 23.7 Å². The smallest absolute Gasteiger partial charge is 0.418 e. The number of amides is 1. The number of methoxy groups -OCH3 is 2. The summed E-state index contributed by atoms with van der Waals surface area (Å²) in [6, 6.07) is 8.78. The molecule has 2 aromatic carbocycles. The SMILES string of the molecule is CNC(=O)O[C@H]1CCN(c2ccc(C(F)(F)F)c(-n3nc(-c4cc(OC)cc(OC)c4)c4c(c3=O)CCC4)c2)C1. The van der Waals surface area contributed by atoms with E-state index in [2.05, 4.69) is 10.4 Å². The molecule has 1 aliphatic heterocycles. The second kappa shape index (κ2) is 10.7. The van der Waals surface area contributed by atoms with Crippen molar-refractivity contribution in [1.29, 1.82) is 0 Å². The van der Waals surface area contributed by atoms with Gasteiger partial charge in [0, 0.05) is 42.9 Å². The molecule has 12 heteroatoms.